The average molecular weight is 290 g/mol. The molecule has 0 bridgehead atoms. The molecule has 1 heterocycles. The summed E-state index contributed by atoms with van der Waals surface area (Å²) < 4.78 is 38.1. The Kier molecular flexibility index (Phi) is 5.18. The van der Waals surface area contributed by atoms with Crippen LogP contribution in [0.15, 0.2) is 12.1 Å². The standard InChI is InChI=1S/C12H17F3N4O/c1-7(2)18-11(20)6-17-10-5-8(12(13,14)15)4-9(16-3)19-10/h4-5,7H,6H2,1-3H3,(H,18,20)(H2,16,17,19). The van der Waals surface area contributed by atoms with Gasteiger partial charge in [0.25, 0.3) is 0 Å². The molecule has 1 rings (SSSR count). The maximum atomic E-state index is 12.7. The van der Waals surface area contributed by atoms with Gasteiger partial charge in [-0.1, -0.05) is 0 Å². The van der Waals surface area contributed by atoms with Crippen molar-refractivity contribution in [3.8, 4) is 0 Å². The fraction of sp³-hybridized carbons (Fsp3) is 0.500. The van der Waals surface area contributed by atoms with Crippen LogP contribution in [0.2, 0.25) is 0 Å². The van der Waals surface area contributed by atoms with Crippen molar-refractivity contribution in [1.82, 2.24) is 10.3 Å². The van der Waals surface area contributed by atoms with Crippen molar-refractivity contribution < 1.29 is 18.0 Å². The SMILES string of the molecule is CNc1cc(C(F)(F)F)cc(NCC(=O)NC(C)C)n1. The summed E-state index contributed by atoms with van der Waals surface area (Å²) in [5.41, 5.74) is -0.830. The van der Waals surface area contributed by atoms with E-state index in [-0.39, 0.29) is 30.1 Å². The summed E-state index contributed by atoms with van der Waals surface area (Å²) in [7, 11) is 1.47. The van der Waals surface area contributed by atoms with Gasteiger partial charge in [-0.25, -0.2) is 4.98 Å². The van der Waals surface area contributed by atoms with Crippen LogP contribution in [0.1, 0.15) is 19.4 Å². The van der Waals surface area contributed by atoms with E-state index in [2.05, 4.69) is 20.9 Å². The smallest absolute Gasteiger partial charge is 0.373 e. The summed E-state index contributed by atoms with van der Waals surface area (Å²) in [5, 5.41) is 7.74. The Morgan fingerprint density at radius 1 is 1.30 bits per heavy atom. The van der Waals surface area contributed by atoms with Gasteiger partial charge in [0.15, 0.2) is 0 Å². The van der Waals surface area contributed by atoms with Crippen LogP contribution in [0.3, 0.4) is 0 Å². The lowest BCUT2D eigenvalue weighted by Gasteiger charge is -2.13. The predicted molar refractivity (Wildman–Crippen MR) is 70.6 cm³/mol. The van der Waals surface area contributed by atoms with Crippen molar-refractivity contribution >= 4 is 17.5 Å². The van der Waals surface area contributed by atoms with E-state index in [0.717, 1.165) is 12.1 Å². The first-order chi connectivity index (χ1) is 9.22. The van der Waals surface area contributed by atoms with Crippen molar-refractivity contribution in [1.29, 1.82) is 0 Å². The molecule has 0 aliphatic heterocycles. The first kappa shape index (κ1) is 16.1. The fourth-order valence-corrected chi connectivity index (χ4v) is 1.46. The number of carbonyl (C=O) groups is 1. The minimum absolute atomic E-state index is 0.0110. The highest BCUT2D eigenvalue weighted by atomic mass is 19.4. The van der Waals surface area contributed by atoms with Crippen molar-refractivity contribution in [2.45, 2.75) is 26.1 Å². The summed E-state index contributed by atoms with van der Waals surface area (Å²) in [6, 6.07) is 1.73. The molecule has 3 N–H and O–H groups in total. The minimum Gasteiger partial charge on any atom is -0.373 e. The number of nitrogens with one attached hydrogen (secondary N) is 3. The molecule has 0 fully saturated rings. The second-order valence-electron chi connectivity index (χ2n) is 4.45. The normalized spacial score (nSPS) is 11.3. The third-order valence-electron chi connectivity index (χ3n) is 2.29. The molecule has 0 saturated carbocycles. The molecular formula is C12H17F3N4O. The van der Waals surface area contributed by atoms with Gasteiger partial charge in [0.05, 0.1) is 12.1 Å². The lowest BCUT2D eigenvalue weighted by molar-refractivity contribution is -0.137. The van der Waals surface area contributed by atoms with Crippen molar-refractivity contribution in [2.75, 3.05) is 24.2 Å². The number of pyridine rings is 1. The number of hydrogen-bond acceptors (Lipinski definition) is 4. The molecule has 112 valence electrons. The molecule has 20 heavy (non-hydrogen) atoms. The van der Waals surface area contributed by atoms with Crippen LogP contribution in [0.25, 0.3) is 0 Å². The van der Waals surface area contributed by atoms with Crippen LogP contribution in [-0.4, -0.2) is 30.5 Å². The first-order valence-corrected chi connectivity index (χ1v) is 6.02. The second-order valence-corrected chi connectivity index (χ2v) is 4.45. The van der Waals surface area contributed by atoms with Crippen LogP contribution in [0.5, 0.6) is 0 Å². The highest BCUT2D eigenvalue weighted by molar-refractivity contribution is 5.80. The van der Waals surface area contributed by atoms with Gasteiger partial charge in [-0.3, -0.25) is 4.79 Å². The molecular weight excluding hydrogens is 273 g/mol. The van der Waals surface area contributed by atoms with Gasteiger partial charge in [-0.05, 0) is 26.0 Å². The molecule has 0 aromatic carbocycles. The topological polar surface area (TPSA) is 66.0 Å². The Morgan fingerprint density at radius 2 is 1.90 bits per heavy atom. The van der Waals surface area contributed by atoms with Gasteiger partial charge in [-0.2, -0.15) is 13.2 Å². The van der Waals surface area contributed by atoms with Crippen molar-refractivity contribution in [3.63, 3.8) is 0 Å². The molecule has 5 nitrogen and oxygen atoms in total. The molecule has 1 amide bonds. The number of rotatable bonds is 5. The van der Waals surface area contributed by atoms with E-state index >= 15 is 0 Å². The number of carbonyl (C=O) groups excluding carboxylic acids is 1. The third kappa shape index (κ3) is 4.94. The van der Waals surface area contributed by atoms with E-state index < -0.39 is 11.7 Å². The van der Waals surface area contributed by atoms with E-state index in [1.165, 1.54) is 7.05 Å². The molecule has 0 aliphatic rings. The van der Waals surface area contributed by atoms with Crippen LogP contribution in [-0.2, 0) is 11.0 Å². The van der Waals surface area contributed by atoms with E-state index in [9.17, 15) is 18.0 Å². The van der Waals surface area contributed by atoms with Gasteiger partial charge in [0.1, 0.15) is 11.6 Å². The van der Waals surface area contributed by atoms with E-state index in [1.54, 1.807) is 13.8 Å². The van der Waals surface area contributed by atoms with Crippen molar-refractivity contribution in [3.05, 3.63) is 17.7 Å². The summed E-state index contributed by atoms with van der Waals surface area (Å²) in [4.78, 5) is 15.3. The maximum Gasteiger partial charge on any atom is 0.416 e. The minimum atomic E-state index is -4.47. The van der Waals surface area contributed by atoms with Crippen LogP contribution >= 0.6 is 0 Å². The summed E-state index contributed by atoms with van der Waals surface area (Å²) in [5.74, 6) is -0.250. The van der Waals surface area contributed by atoms with Crippen molar-refractivity contribution in [2.24, 2.45) is 0 Å². The molecule has 1 aromatic rings. The van der Waals surface area contributed by atoms with Gasteiger partial charge in [-0.15, -0.1) is 0 Å². The quantitative estimate of drug-likeness (QED) is 0.777. The number of alkyl halides is 3. The predicted octanol–water partition coefficient (Wildman–Crippen LogP) is 2.08. The Balaban J connectivity index is 2.82. The van der Waals surface area contributed by atoms with Gasteiger partial charge >= 0.3 is 6.18 Å². The van der Waals surface area contributed by atoms with E-state index in [4.69, 9.17) is 0 Å². The second kappa shape index (κ2) is 6.44. The molecule has 0 aliphatic carbocycles. The van der Waals surface area contributed by atoms with Gasteiger partial charge in [0.2, 0.25) is 5.91 Å². The Bertz CT molecular complexity index is 474. The maximum absolute atomic E-state index is 12.7. The Labute approximate surface area is 115 Å². The summed E-state index contributed by atoms with van der Waals surface area (Å²) in [6.45, 7) is 3.44. The lowest BCUT2D eigenvalue weighted by atomic mass is 10.2. The zero-order valence-corrected chi connectivity index (χ0v) is 11.4. The molecule has 0 atom stereocenters. The molecule has 0 radical (unpaired) electrons. The van der Waals surface area contributed by atoms with Crippen LogP contribution in [0.4, 0.5) is 24.8 Å². The first-order valence-electron chi connectivity index (χ1n) is 6.02. The van der Waals surface area contributed by atoms with Gasteiger partial charge in [0, 0.05) is 13.1 Å². The number of amides is 1. The molecule has 8 heteroatoms. The lowest BCUT2D eigenvalue weighted by Crippen LogP contribution is -2.35. The van der Waals surface area contributed by atoms with E-state index in [0.29, 0.717) is 0 Å². The number of hydrogen-bond donors (Lipinski definition) is 3. The number of anilines is 2. The Morgan fingerprint density at radius 3 is 2.40 bits per heavy atom. The highest BCUT2D eigenvalue weighted by Crippen LogP contribution is 2.31. The number of aromatic nitrogens is 1. The molecule has 0 unspecified atom stereocenters. The molecule has 0 spiro atoms. The largest absolute Gasteiger partial charge is 0.416 e. The average Bonchev–Trinajstić information content (AvgIpc) is 2.34. The third-order valence-corrected chi connectivity index (χ3v) is 2.29. The monoisotopic (exact) mass is 290 g/mol. The van der Waals surface area contributed by atoms with Gasteiger partial charge < -0.3 is 16.0 Å². The van der Waals surface area contributed by atoms with Crippen LogP contribution in [0, 0.1) is 0 Å². The Hall–Kier alpha value is -1.99. The van der Waals surface area contributed by atoms with Crippen LogP contribution < -0.4 is 16.0 Å². The highest BCUT2D eigenvalue weighted by Gasteiger charge is 2.31. The number of nitrogens with zero attached hydrogens (tertiary/aromatic N) is 1. The zero-order valence-electron chi connectivity index (χ0n) is 11.4. The van der Waals surface area contributed by atoms with E-state index in [1.807, 2.05) is 0 Å². The number of halogens is 3. The summed E-state index contributed by atoms with van der Waals surface area (Å²) >= 11 is 0. The summed E-state index contributed by atoms with van der Waals surface area (Å²) in [6.07, 6.45) is -4.47. The molecule has 0 saturated heterocycles. The zero-order chi connectivity index (χ0) is 15.3. The fourth-order valence-electron chi connectivity index (χ4n) is 1.46. The molecule has 1 aromatic heterocycles.